The summed E-state index contributed by atoms with van der Waals surface area (Å²) in [5.41, 5.74) is -2.26. The Labute approximate surface area is 174 Å². The molecule has 0 aromatic heterocycles. The largest absolute Gasteiger partial charge is 0.466 e. The Morgan fingerprint density at radius 3 is 1.65 bits per heavy atom. The summed E-state index contributed by atoms with van der Waals surface area (Å²) >= 11 is 0. The molecule has 2 aromatic carbocycles. The van der Waals surface area contributed by atoms with Crippen molar-refractivity contribution in [2.75, 3.05) is 14.2 Å². The zero-order chi connectivity index (χ0) is 22.8. The first-order valence-electron chi connectivity index (χ1n) is 8.73. The first-order valence-corrected chi connectivity index (χ1v) is 8.73. The number of nitrogens with zero attached hydrogens (tertiary/aromatic N) is 2. The van der Waals surface area contributed by atoms with Gasteiger partial charge in [-0.15, -0.1) is 0 Å². The number of hydrogen-bond acceptors (Lipinski definition) is 10. The van der Waals surface area contributed by atoms with Crippen molar-refractivity contribution in [2.45, 2.75) is 18.0 Å². The monoisotopic (exact) mass is 432 g/mol. The van der Waals surface area contributed by atoms with Crippen molar-refractivity contribution in [3.63, 3.8) is 0 Å². The number of rotatable bonds is 6. The van der Waals surface area contributed by atoms with Crippen molar-refractivity contribution < 1.29 is 38.4 Å². The number of hydrogen-bond donors (Lipinski definition) is 0. The first kappa shape index (κ1) is 21.8. The highest BCUT2D eigenvalue weighted by molar-refractivity contribution is 6.05. The molecule has 0 saturated carbocycles. The molecule has 1 heterocycles. The van der Waals surface area contributed by atoms with Crippen molar-refractivity contribution in [2.24, 2.45) is 0 Å². The fourth-order valence-electron chi connectivity index (χ4n) is 3.16. The third-order valence-corrected chi connectivity index (χ3v) is 4.68. The Bertz CT molecular complexity index is 1000. The van der Waals surface area contributed by atoms with Crippen LogP contribution in [-0.2, 0) is 28.5 Å². The molecule has 1 saturated heterocycles. The molecule has 2 aromatic rings. The van der Waals surface area contributed by atoms with E-state index in [2.05, 4.69) is 0 Å². The molecule has 12 nitrogen and oxygen atoms in total. The molecule has 162 valence electrons. The standard InChI is InChI=1S/C19H16N2O10/c1-28-17(22)19(18(23)29-2)15(11-3-7-13(8-4-11)20(24)25)30-16(31-19)12-5-9-14(10-6-12)21(26)27/h3-10,15-16H,1-2H3. The van der Waals surface area contributed by atoms with Crippen LogP contribution in [0.1, 0.15) is 23.5 Å². The van der Waals surface area contributed by atoms with Crippen molar-refractivity contribution in [3.05, 3.63) is 79.9 Å². The van der Waals surface area contributed by atoms with Crippen LogP contribution in [0.15, 0.2) is 48.5 Å². The summed E-state index contributed by atoms with van der Waals surface area (Å²) in [6, 6.07) is 10.1. The Hall–Kier alpha value is -3.90. The van der Waals surface area contributed by atoms with Crippen molar-refractivity contribution in [1.82, 2.24) is 0 Å². The zero-order valence-electron chi connectivity index (χ0n) is 16.3. The van der Waals surface area contributed by atoms with Crippen molar-refractivity contribution in [3.8, 4) is 0 Å². The van der Waals surface area contributed by atoms with Gasteiger partial charge in [-0.2, -0.15) is 0 Å². The molecule has 0 spiro atoms. The van der Waals surface area contributed by atoms with E-state index in [9.17, 15) is 29.8 Å². The minimum atomic E-state index is -2.37. The highest BCUT2D eigenvalue weighted by Crippen LogP contribution is 2.48. The Morgan fingerprint density at radius 1 is 0.839 bits per heavy atom. The van der Waals surface area contributed by atoms with Gasteiger partial charge >= 0.3 is 11.9 Å². The Balaban J connectivity index is 2.07. The van der Waals surface area contributed by atoms with E-state index in [0.717, 1.165) is 14.2 Å². The zero-order valence-corrected chi connectivity index (χ0v) is 16.3. The lowest BCUT2D eigenvalue weighted by Crippen LogP contribution is -2.52. The molecular formula is C19H16N2O10. The minimum absolute atomic E-state index is 0.180. The van der Waals surface area contributed by atoms with E-state index in [0.29, 0.717) is 0 Å². The summed E-state index contributed by atoms with van der Waals surface area (Å²) in [5, 5.41) is 21.8. The molecular weight excluding hydrogens is 416 g/mol. The van der Waals surface area contributed by atoms with Gasteiger partial charge in [-0.3, -0.25) is 20.2 Å². The number of nitro groups is 2. The quantitative estimate of drug-likeness (QED) is 0.287. The van der Waals surface area contributed by atoms with Gasteiger partial charge in [0.05, 0.1) is 24.1 Å². The SMILES string of the molecule is COC(=O)C1(C(=O)OC)OC(c2ccc([N+](=O)[O-])cc2)OC1c1ccc([N+](=O)[O-])cc1. The summed E-state index contributed by atoms with van der Waals surface area (Å²) < 4.78 is 21.1. The maximum absolute atomic E-state index is 12.7. The first-order chi connectivity index (χ1) is 14.7. The van der Waals surface area contributed by atoms with E-state index in [1.54, 1.807) is 0 Å². The second-order valence-electron chi connectivity index (χ2n) is 6.38. The number of non-ortho nitro benzene ring substituents is 2. The predicted octanol–water partition coefficient (Wildman–Crippen LogP) is 2.37. The van der Waals surface area contributed by atoms with Crippen molar-refractivity contribution >= 4 is 23.3 Å². The molecule has 3 rings (SSSR count). The molecule has 0 bridgehead atoms. The van der Waals surface area contributed by atoms with E-state index in [4.69, 9.17) is 18.9 Å². The third-order valence-electron chi connectivity index (χ3n) is 4.68. The van der Waals surface area contributed by atoms with Gasteiger partial charge in [0.1, 0.15) is 6.10 Å². The smallest absolute Gasteiger partial charge is 0.353 e. The molecule has 0 radical (unpaired) electrons. The van der Waals surface area contributed by atoms with Gasteiger partial charge in [0.25, 0.3) is 17.0 Å². The summed E-state index contributed by atoms with van der Waals surface area (Å²) in [7, 11) is 2.09. The lowest BCUT2D eigenvalue weighted by molar-refractivity contribution is -0.385. The topological polar surface area (TPSA) is 157 Å². The van der Waals surface area contributed by atoms with Gasteiger partial charge in [0.2, 0.25) is 0 Å². The maximum Gasteiger partial charge on any atom is 0.353 e. The fourth-order valence-corrected chi connectivity index (χ4v) is 3.16. The van der Waals surface area contributed by atoms with Gasteiger partial charge in [-0.1, -0.05) is 0 Å². The summed E-state index contributed by atoms with van der Waals surface area (Å²) in [5.74, 6) is -2.21. The number of carbonyl (C=O) groups excluding carboxylic acids is 2. The molecule has 1 fully saturated rings. The molecule has 12 heteroatoms. The van der Waals surface area contributed by atoms with Gasteiger partial charge in [0, 0.05) is 29.8 Å². The number of ether oxygens (including phenoxy) is 4. The van der Waals surface area contributed by atoms with Crippen LogP contribution in [-0.4, -0.2) is 41.6 Å². The number of carbonyl (C=O) groups is 2. The summed E-state index contributed by atoms with van der Waals surface area (Å²) in [6.07, 6.45) is -2.67. The van der Waals surface area contributed by atoms with E-state index >= 15 is 0 Å². The lowest BCUT2D eigenvalue weighted by atomic mass is 9.91. The normalized spacial score (nSPS) is 19.4. The van der Waals surface area contributed by atoms with Crippen LogP contribution in [0.25, 0.3) is 0 Å². The molecule has 2 atom stereocenters. The van der Waals surface area contributed by atoms with E-state index < -0.39 is 39.8 Å². The van der Waals surface area contributed by atoms with Gasteiger partial charge in [0.15, 0.2) is 6.29 Å². The van der Waals surface area contributed by atoms with Crippen LogP contribution in [0.5, 0.6) is 0 Å². The molecule has 31 heavy (non-hydrogen) atoms. The molecule has 2 unspecified atom stereocenters. The van der Waals surface area contributed by atoms with E-state index in [-0.39, 0.29) is 22.5 Å². The molecule has 0 aliphatic carbocycles. The Kier molecular flexibility index (Phi) is 5.95. The number of esters is 2. The molecule has 0 amide bonds. The van der Waals surface area contributed by atoms with Crippen LogP contribution in [0, 0.1) is 20.2 Å². The Morgan fingerprint density at radius 2 is 1.26 bits per heavy atom. The van der Waals surface area contributed by atoms with Crippen LogP contribution >= 0.6 is 0 Å². The average molecular weight is 432 g/mol. The number of methoxy groups -OCH3 is 2. The van der Waals surface area contributed by atoms with Crippen molar-refractivity contribution in [1.29, 1.82) is 0 Å². The lowest BCUT2D eigenvalue weighted by Gasteiger charge is -2.26. The van der Waals surface area contributed by atoms with Gasteiger partial charge < -0.3 is 18.9 Å². The molecule has 1 aliphatic heterocycles. The number of nitro benzene ring substituents is 2. The summed E-state index contributed by atoms with van der Waals surface area (Å²) in [6.45, 7) is 0. The van der Waals surface area contributed by atoms with Crippen LogP contribution in [0.2, 0.25) is 0 Å². The summed E-state index contributed by atoms with van der Waals surface area (Å²) in [4.78, 5) is 46.0. The van der Waals surface area contributed by atoms with Crippen LogP contribution < -0.4 is 0 Å². The molecule has 1 aliphatic rings. The third kappa shape index (κ3) is 3.81. The predicted molar refractivity (Wildman–Crippen MR) is 101 cm³/mol. The van der Waals surface area contributed by atoms with E-state index in [1.807, 2.05) is 0 Å². The highest BCUT2D eigenvalue weighted by atomic mass is 16.8. The van der Waals surface area contributed by atoms with Crippen LogP contribution in [0.3, 0.4) is 0 Å². The minimum Gasteiger partial charge on any atom is -0.466 e. The van der Waals surface area contributed by atoms with Gasteiger partial charge in [-0.05, 0) is 29.8 Å². The molecule has 0 N–H and O–H groups in total. The fraction of sp³-hybridized carbons (Fsp3) is 0.263. The second kappa shape index (κ2) is 8.45. The van der Waals surface area contributed by atoms with Crippen LogP contribution in [0.4, 0.5) is 11.4 Å². The average Bonchev–Trinajstić information content (AvgIpc) is 3.19. The number of benzene rings is 2. The van der Waals surface area contributed by atoms with E-state index in [1.165, 1.54) is 48.5 Å². The second-order valence-corrected chi connectivity index (χ2v) is 6.38. The highest BCUT2D eigenvalue weighted by Gasteiger charge is 2.64. The maximum atomic E-state index is 12.7. The van der Waals surface area contributed by atoms with Gasteiger partial charge in [-0.25, -0.2) is 9.59 Å².